The van der Waals surface area contributed by atoms with Gasteiger partial charge in [0, 0.05) is 45.1 Å². The number of hydroxylamine groups is 2. The Morgan fingerprint density at radius 1 is 0.582 bits per heavy atom. The second-order valence-electron chi connectivity index (χ2n) is 17.3. The Morgan fingerprint density at radius 3 is 1.51 bits per heavy atom. The molecule has 0 bridgehead atoms. The van der Waals surface area contributed by atoms with E-state index in [0.717, 1.165) is 77.0 Å². The molecule has 67 heavy (non-hydrogen) atoms. The molecule has 380 valence electrons. The van der Waals surface area contributed by atoms with Crippen LogP contribution in [0, 0.1) is 0 Å². The first-order valence-corrected chi connectivity index (χ1v) is 27.0. The number of hydrogen-bond donors (Lipinski definition) is 1. The normalized spacial score (nSPS) is 14.0. The van der Waals surface area contributed by atoms with Crippen LogP contribution in [-0.2, 0) is 56.7 Å². The maximum Gasteiger partial charge on any atom is 1.00 e. The minimum Gasteiger partial charge on any atom is -0.756 e. The van der Waals surface area contributed by atoms with Crippen LogP contribution in [0.2, 0.25) is 0 Å². The first-order valence-electron chi connectivity index (χ1n) is 25.6. The maximum atomic E-state index is 12.8. The summed E-state index contributed by atoms with van der Waals surface area (Å²) < 4.78 is 33.3. The van der Waals surface area contributed by atoms with Crippen LogP contribution in [0.1, 0.15) is 226 Å². The fraction of sp³-hybridized carbons (Fsp3) is 0.800. The minimum atomic E-state index is -4.92. The summed E-state index contributed by atoms with van der Waals surface area (Å²) in [6.07, 6.45) is 37.2. The maximum absolute atomic E-state index is 12.8. The van der Waals surface area contributed by atoms with Crippen LogP contribution in [0.15, 0.2) is 24.3 Å². The summed E-state index contributed by atoms with van der Waals surface area (Å²) in [6, 6.07) is 0. The van der Waals surface area contributed by atoms with Gasteiger partial charge in [-0.3, -0.25) is 28.5 Å². The van der Waals surface area contributed by atoms with Crippen molar-refractivity contribution in [2.24, 2.45) is 0 Å². The monoisotopic (exact) mass is 977 g/mol. The summed E-state index contributed by atoms with van der Waals surface area (Å²) >= 11 is 0. The predicted molar refractivity (Wildman–Crippen MR) is 253 cm³/mol. The number of imide groups is 1. The number of carbonyl (C=O) groups excluding carboxylic acids is 6. The van der Waals surface area contributed by atoms with Gasteiger partial charge in [0.25, 0.3) is 19.6 Å². The molecule has 0 aliphatic carbocycles. The van der Waals surface area contributed by atoms with Gasteiger partial charge >= 0.3 is 47.5 Å². The van der Waals surface area contributed by atoms with E-state index in [0.29, 0.717) is 17.9 Å². The molecule has 17 heteroatoms. The molecule has 0 aromatic carbocycles. The fourth-order valence-corrected chi connectivity index (χ4v) is 7.88. The zero-order chi connectivity index (χ0) is 48.4. The summed E-state index contributed by atoms with van der Waals surface area (Å²) in [5.41, 5.74) is 0. The number of phosphoric ester groups is 1. The topological polar surface area (TPSA) is 204 Å². The van der Waals surface area contributed by atoms with Crippen molar-refractivity contribution in [3.8, 4) is 0 Å². The van der Waals surface area contributed by atoms with Crippen molar-refractivity contribution in [2.45, 2.75) is 232 Å². The van der Waals surface area contributed by atoms with Gasteiger partial charge in [0.15, 0.2) is 6.10 Å². The zero-order valence-electron chi connectivity index (χ0n) is 41.8. The molecule has 0 aromatic rings. The van der Waals surface area contributed by atoms with Gasteiger partial charge in [0.1, 0.15) is 6.61 Å². The van der Waals surface area contributed by atoms with E-state index in [9.17, 15) is 38.2 Å². The van der Waals surface area contributed by atoms with Crippen molar-refractivity contribution in [3.05, 3.63) is 24.3 Å². The quantitative estimate of drug-likeness (QED) is 0.0154. The Balaban J connectivity index is 0.0000436. The van der Waals surface area contributed by atoms with E-state index in [4.69, 9.17) is 23.4 Å². The molecule has 0 radical (unpaired) electrons. The van der Waals surface area contributed by atoms with Gasteiger partial charge in [-0.1, -0.05) is 141 Å². The molecule has 1 rings (SSSR count). The van der Waals surface area contributed by atoms with E-state index in [2.05, 4.69) is 43.5 Å². The summed E-state index contributed by atoms with van der Waals surface area (Å²) in [4.78, 5) is 89.9. The Kier molecular flexibility index (Phi) is 43.2. The van der Waals surface area contributed by atoms with Crippen LogP contribution in [0.3, 0.4) is 0 Å². The molecule has 1 aliphatic rings. The standard InChI is InChI=1S/C50H87N2O13P.Na/c1-3-5-7-9-11-13-15-17-19-21-23-25-27-29-31-35-48(56)61-42-44(64-49(57)36-32-30-28-26-24-22-20-18-16-14-12-10-8-6-4-2)43-63-66(59,60)62-41-40-51-45(53)34-33-37-50(58)65-52-46(54)38-39-47(52)55;/h17-20,44H,3-16,21-43H2,1-2H3,(H,51,53)(H,59,60);/q;+1/p-1/b19-17-,20-18-;/t44-;/m1./s1. The smallest absolute Gasteiger partial charge is 0.756 e. The molecule has 15 nitrogen and oxygen atoms in total. The molecule has 1 aliphatic heterocycles. The van der Waals surface area contributed by atoms with E-state index < -0.39 is 62.8 Å². The third kappa shape index (κ3) is 40.1. The molecule has 0 spiro atoms. The Hall–Kier alpha value is -2.39. The molecule has 0 saturated carbocycles. The van der Waals surface area contributed by atoms with Crippen LogP contribution in [0.4, 0.5) is 0 Å². The van der Waals surface area contributed by atoms with Crippen molar-refractivity contribution < 1.29 is 91.1 Å². The number of ether oxygens (including phenoxy) is 2. The van der Waals surface area contributed by atoms with Crippen LogP contribution < -0.4 is 39.8 Å². The average Bonchev–Trinajstić information content (AvgIpc) is 3.60. The molecule has 1 saturated heterocycles. The molecule has 1 heterocycles. The van der Waals surface area contributed by atoms with Gasteiger partial charge in [-0.05, 0) is 70.6 Å². The van der Waals surface area contributed by atoms with Gasteiger partial charge in [0.2, 0.25) is 5.91 Å². The molecule has 1 unspecified atom stereocenters. The number of esters is 2. The van der Waals surface area contributed by atoms with E-state index in [1.54, 1.807) is 0 Å². The molecule has 0 aromatic heterocycles. The molecule has 1 N–H and O–H groups in total. The second kappa shape index (κ2) is 44.8. The number of allylic oxidation sites excluding steroid dienone is 4. The molecule has 3 amide bonds. The van der Waals surface area contributed by atoms with Crippen molar-refractivity contribution in [1.29, 1.82) is 0 Å². The van der Waals surface area contributed by atoms with E-state index in [-0.39, 0.29) is 87.7 Å². The Labute approximate surface area is 425 Å². The fourth-order valence-electron chi connectivity index (χ4n) is 7.15. The average molecular weight is 977 g/mol. The first-order chi connectivity index (χ1) is 32.0. The molecular formula is C50H86N2NaO13P. The summed E-state index contributed by atoms with van der Waals surface area (Å²) in [7, 11) is -4.92. The van der Waals surface area contributed by atoms with Gasteiger partial charge < -0.3 is 33.6 Å². The van der Waals surface area contributed by atoms with Crippen LogP contribution in [0.25, 0.3) is 0 Å². The zero-order valence-corrected chi connectivity index (χ0v) is 44.6. The number of rotatable bonds is 45. The number of amides is 3. The van der Waals surface area contributed by atoms with Crippen molar-refractivity contribution in [2.75, 3.05) is 26.4 Å². The van der Waals surface area contributed by atoms with Gasteiger partial charge in [-0.2, -0.15) is 0 Å². The second-order valence-corrected chi connectivity index (χ2v) is 18.7. The van der Waals surface area contributed by atoms with Crippen LogP contribution in [-0.4, -0.2) is 73.2 Å². The molecule has 1 fully saturated rings. The van der Waals surface area contributed by atoms with Crippen molar-refractivity contribution in [1.82, 2.24) is 10.4 Å². The molecule has 2 atom stereocenters. The third-order valence-electron chi connectivity index (χ3n) is 11.1. The summed E-state index contributed by atoms with van der Waals surface area (Å²) in [6.45, 7) is 2.80. The van der Waals surface area contributed by atoms with Gasteiger partial charge in [0.05, 0.1) is 13.2 Å². The first kappa shape index (κ1) is 64.6. The number of phosphoric acid groups is 1. The number of nitrogens with one attached hydrogen (secondary N) is 1. The molecular weight excluding hydrogens is 891 g/mol. The number of hydrogen-bond acceptors (Lipinski definition) is 13. The SMILES string of the molecule is CCCCCCCC/C=C\CCCCCCCC(=O)OC[C@H](COP(=O)([O-])OCCNC(=O)CCCC(=O)ON1C(=O)CCC1=O)OC(=O)CCCCCCC/C=C\CCCCCCCC.[Na+]. The summed E-state index contributed by atoms with van der Waals surface area (Å²) in [5.74, 6) is -3.56. The van der Waals surface area contributed by atoms with Crippen molar-refractivity contribution >= 4 is 43.5 Å². The number of nitrogens with zero attached hydrogens (tertiary/aromatic N) is 1. The van der Waals surface area contributed by atoms with Gasteiger partial charge in [-0.25, -0.2) is 4.79 Å². The minimum absolute atomic E-state index is 0. The van der Waals surface area contributed by atoms with E-state index in [1.807, 2.05) is 0 Å². The predicted octanol–water partition coefficient (Wildman–Crippen LogP) is 7.92. The third-order valence-corrected chi connectivity index (χ3v) is 12.1. The number of carbonyl (C=O) groups is 6. The van der Waals surface area contributed by atoms with E-state index >= 15 is 0 Å². The van der Waals surface area contributed by atoms with Crippen LogP contribution >= 0.6 is 7.82 Å². The van der Waals surface area contributed by atoms with E-state index in [1.165, 1.54) is 77.0 Å². The number of unbranched alkanes of at least 4 members (excludes halogenated alkanes) is 22. The largest absolute Gasteiger partial charge is 1.00 e. The Bertz CT molecular complexity index is 1430. The Morgan fingerprint density at radius 2 is 1.01 bits per heavy atom. The van der Waals surface area contributed by atoms with Crippen molar-refractivity contribution in [3.63, 3.8) is 0 Å². The summed E-state index contributed by atoms with van der Waals surface area (Å²) in [5, 5.41) is 2.89. The van der Waals surface area contributed by atoms with Crippen LogP contribution in [0.5, 0.6) is 0 Å². The van der Waals surface area contributed by atoms with Gasteiger partial charge in [-0.15, -0.1) is 5.06 Å².